The summed E-state index contributed by atoms with van der Waals surface area (Å²) in [5.74, 6) is 0.0535. The summed E-state index contributed by atoms with van der Waals surface area (Å²) in [6.45, 7) is 1.76. The number of aliphatic hydroxyl groups is 1. The molecular formula is C22H26N2O3. The molecule has 142 valence electrons. The topological polar surface area (TPSA) is 60.9 Å². The summed E-state index contributed by atoms with van der Waals surface area (Å²) in [6.07, 6.45) is 2.57. The van der Waals surface area contributed by atoms with Crippen molar-refractivity contribution in [1.82, 2.24) is 9.80 Å². The monoisotopic (exact) mass is 366 g/mol. The van der Waals surface area contributed by atoms with Crippen LogP contribution in [0.4, 0.5) is 0 Å². The minimum Gasteiger partial charge on any atom is -0.391 e. The molecule has 5 heteroatoms. The van der Waals surface area contributed by atoms with Gasteiger partial charge in [-0.05, 0) is 35.6 Å². The van der Waals surface area contributed by atoms with Crippen molar-refractivity contribution in [2.24, 2.45) is 0 Å². The molecule has 2 aliphatic rings. The summed E-state index contributed by atoms with van der Waals surface area (Å²) in [5.41, 5.74) is 1.12. The lowest BCUT2D eigenvalue weighted by molar-refractivity contribution is -0.143. The quantitative estimate of drug-likeness (QED) is 0.908. The van der Waals surface area contributed by atoms with Gasteiger partial charge in [0.15, 0.2) is 0 Å². The van der Waals surface area contributed by atoms with Crippen LogP contribution in [0.15, 0.2) is 42.5 Å². The van der Waals surface area contributed by atoms with Gasteiger partial charge in [-0.15, -0.1) is 0 Å². The molecule has 0 unspecified atom stereocenters. The van der Waals surface area contributed by atoms with Crippen LogP contribution in [0.2, 0.25) is 0 Å². The zero-order valence-electron chi connectivity index (χ0n) is 15.5. The van der Waals surface area contributed by atoms with Crippen molar-refractivity contribution in [3.05, 3.63) is 48.0 Å². The Balaban J connectivity index is 1.40. The fourth-order valence-electron chi connectivity index (χ4n) is 4.28. The van der Waals surface area contributed by atoms with E-state index in [0.29, 0.717) is 26.1 Å². The predicted molar refractivity (Wildman–Crippen MR) is 104 cm³/mol. The maximum atomic E-state index is 12.6. The number of piperidine rings is 2. The van der Waals surface area contributed by atoms with Crippen LogP contribution in [-0.2, 0) is 9.59 Å². The number of fused-ring (bicyclic) bond motifs is 1. The summed E-state index contributed by atoms with van der Waals surface area (Å²) >= 11 is 0. The standard InChI is InChI=1S/C22H26N2O3/c25-20-14-24(22(27)15-23-11-4-3-7-21(23)26)12-10-19(20)18-9-8-16-5-1-2-6-17(16)13-18/h1-2,5-6,8-9,13,19-20,25H,3-4,7,10-12,14-15H2/t19-,20+/m0/s1. The Bertz CT molecular complexity index is 850. The van der Waals surface area contributed by atoms with Crippen LogP contribution in [0.1, 0.15) is 37.2 Å². The van der Waals surface area contributed by atoms with E-state index in [0.717, 1.165) is 24.8 Å². The highest BCUT2D eigenvalue weighted by molar-refractivity contribution is 5.85. The molecule has 0 spiro atoms. The van der Waals surface area contributed by atoms with Gasteiger partial charge in [0.1, 0.15) is 0 Å². The molecule has 2 aromatic rings. The molecule has 2 aliphatic heterocycles. The Labute approximate surface area is 159 Å². The van der Waals surface area contributed by atoms with E-state index in [9.17, 15) is 14.7 Å². The van der Waals surface area contributed by atoms with Crippen LogP contribution in [0.25, 0.3) is 10.8 Å². The molecule has 0 bridgehead atoms. The zero-order chi connectivity index (χ0) is 18.8. The van der Waals surface area contributed by atoms with E-state index in [1.165, 1.54) is 10.8 Å². The van der Waals surface area contributed by atoms with E-state index < -0.39 is 6.10 Å². The molecule has 5 nitrogen and oxygen atoms in total. The molecule has 2 saturated heterocycles. The van der Waals surface area contributed by atoms with E-state index in [4.69, 9.17) is 0 Å². The Morgan fingerprint density at radius 3 is 2.67 bits per heavy atom. The Morgan fingerprint density at radius 1 is 1.07 bits per heavy atom. The zero-order valence-corrected chi connectivity index (χ0v) is 15.5. The SMILES string of the molecule is O=C1CCCCN1CC(=O)N1CC[C@@H](c2ccc3ccccc3c2)[C@H](O)C1. The number of benzene rings is 2. The second-order valence-electron chi connectivity index (χ2n) is 7.68. The molecule has 0 aromatic heterocycles. The smallest absolute Gasteiger partial charge is 0.242 e. The summed E-state index contributed by atoms with van der Waals surface area (Å²) in [5, 5.41) is 13.1. The largest absolute Gasteiger partial charge is 0.391 e. The van der Waals surface area contributed by atoms with Gasteiger partial charge in [0.25, 0.3) is 0 Å². The molecule has 2 atom stereocenters. The number of rotatable bonds is 3. The van der Waals surface area contributed by atoms with Crippen molar-refractivity contribution in [2.45, 2.75) is 37.7 Å². The van der Waals surface area contributed by atoms with Crippen LogP contribution in [0.5, 0.6) is 0 Å². The molecule has 27 heavy (non-hydrogen) atoms. The lowest BCUT2D eigenvalue weighted by Crippen LogP contribution is -2.50. The molecule has 4 rings (SSSR count). The molecule has 1 N–H and O–H groups in total. The van der Waals surface area contributed by atoms with Crippen LogP contribution < -0.4 is 0 Å². The van der Waals surface area contributed by atoms with Gasteiger partial charge in [-0.3, -0.25) is 9.59 Å². The van der Waals surface area contributed by atoms with Gasteiger partial charge in [0.2, 0.25) is 11.8 Å². The average Bonchev–Trinajstić information content (AvgIpc) is 2.69. The predicted octanol–water partition coefficient (Wildman–Crippen LogP) is 2.53. The number of nitrogens with zero attached hydrogens (tertiary/aromatic N) is 2. The lowest BCUT2D eigenvalue weighted by Gasteiger charge is -2.37. The fraction of sp³-hybridized carbons (Fsp3) is 0.455. The third kappa shape index (κ3) is 3.83. The van der Waals surface area contributed by atoms with Crippen molar-refractivity contribution in [2.75, 3.05) is 26.2 Å². The number of β-amino-alcohol motifs (C(OH)–C–C–N with tert-alkyl or cyclic N) is 1. The van der Waals surface area contributed by atoms with Gasteiger partial charge >= 0.3 is 0 Å². The summed E-state index contributed by atoms with van der Waals surface area (Å²) < 4.78 is 0. The van der Waals surface area contributed by atoms with E-state index in [1.807, 2.05) is 12.1 Å². The van der Waals surface area contributed by atoms with Crippen molar-refractivity contribution in [3.8, 4) is 0 Å². The normalized spacial score (nSPS) is 23.7. The summed E-state index contributed by atoms with van der Waals surface area (Å²) in [4.78, 5) is 27.9. The maximum Gasteiger partial charge on any atom is 0.242 e. The highest BCUT2D eigenvalue weighted by Gasteiger charge is 2.32. The summed E-state index contributed by atoms with van der Waals surface area (Å²) in [6, 6.07) is 14.5. The lowest BCUT2D eigenvalue weighted by atomic mass is 9.86. The number of likely N-dealkylation sites (tertiary alicyclic amines) is 2. The van der Waals surface area contributed by atoms with Crippen LogP contribution in [0.3, 0.4) is 0 Å². The van der Waals surface area contributed by atoms with Crippen molar-refractivity contribution in [1.29, 1.82) is 0 Å². The van der Waals surface area contributed by atoms with Gasteiger partial charge in [0.05, 0.1) is 12.6 Å². The molecule has 2 fully saturated rings. The second kappa shape index (κ2) is 7.69. The van der Waals surface area contributed by atoms with E-state index in [2.05, 4.69) is 30.3 Å². The van der Waals surface area contributed by atoms with Crippen LogP contribution >= 0.6 is 0 Å². The molecular weight excluding hydrogens is 340 g/mol. The van der Waals surface area contributed by atoms with E-state index in [1.54, 1.807) is 9.80 Å². The number of carbonyl (C=O) groups excluding carboxylic acids is 2. The van der Waals surface area contributed by atoms with E-state index >= 15 is 0 Å². The number of amides is 2. The van der Waals surface area contributed by atoms with Crippen molar-refractivity contribution >= 4 is 22.6 Å². The third-order valence-electron chi connectivity index (χ3n) is 5.88. The first-order chi connectivity index (χ1) is 13.1. The second-order valence-corrected chi connectivity index (χ2v) is 7.68. The molecule has 0 aliphatic carbocycles. The van der Waals surface area contributed by atoms with Gasteiger partial charge in [-0.25, -0.2) is 0 Å². The minimum absolute atomic E-state index is 0.0373. The minimum atomic E-state index is -0.582. The molecule has 0 saturated carbocycles. The van der Waals surface area contributed by atoms with Gasteiger partial charge in [-0.1, -0.05) is 42.5 Å². The molecule has 2 heterocycles. The third-order valence-corrected chi connectivity index (χ3v) is 5.88. The Morgan fingerprint density at radius 2 is 1.89 bits per heavy atom. The Hall–Kier alpha value is -2.40. The number of hydrogen-bond donors (Lipinski definition) is 1. The van der Waals surface area contributed by atoms with Crippen LogP contribution in [-0.4, -0.2) is 59.0 Å². The molecule has 2 amide bonds. The fourth-order valence-corrected chi connectivity index (χ4v) is 4.28. The van der Waals surface area contributed by atoms with Crippen molar-refractivity contribution < 1.29 is 14.7 Å². The van der Waals surface area contributed by atoms with Crippen LogP contribution in [0, 0.1) is 0 Å². The van der Waals surface area contributed by atoms with Gasteiger partial charge in [-0.2, -0.15) is 0 Å². The first-order valence-corrected chi connectivity index (χ1v) is 9.84. The first kappa shape index (κ1) is 18.0. The van der Waals surface area contributed by atoms with Crippen molar-refractivity contribution in [3.63, 3.8) is 0 Å². The van der Waals surface area contributed by atoms with E-state index in [-0.39, 0.29) is 24.3 Å². The average molecular weight is 366 g/mol. The molecule has 2 aromatic carbocycles. The number of hydrogen-bond acceptors (Lipinski definition) is 3. The first-order valence-electron chi connectivity index (χ1n) is 9.84. The van der Waals surface area contributed by atoms with Gasteiger partial charge in [0, 0.05) is 32.0 Å². The van der Waals surface area contributed by atoms with Gasteiger partial charge < -0.3 is 14.9 Å². The summed E-state index contributed by atoms with van der Waals surface area (Å²) in [7, 11) is 0. The highest BCUT2D eigenvalue weighted by atomic mass is 16.3. The highest BCUT2D eigenvalue weighted by Crippen LogP contribution is 2.30. The maximum absolute atomic E-state index is 12.6. The molecule has 0 radical (unpaired) electrons. The number of aliphatic hydroxyl groups excluding tert-OH is 1. The number of carbonyl (C=O) groups is 2. The Kier molecular flexibility index (Phi) is 5.12.